The summed E-state index contributed by atoms with van der Waals surface area (Å²) < 4.78 is 4.89. The molecule has 5 heteroatoms. The number of carbonyl (C=O) groups is 1. The normalized spacial score (nSPS) is 10.7. The summed E-state index contributed by atoms with van der Waals surface area (Å²) in [5.41, 5.74) is 0.551. The fourth-order valence-corrected chi connectivity index (χ4v) is 1.39. The number of furan rings is 1. The first-order valence-corrected chi connectivity index (χ1v) is 5.18. The molecule has 5 nitrogen and oxygen atoms in total. The highest BCUT2D eigenvalue weighted by Gasteiger charge is 2.10. The Labute approximate surface area is 103 Å². The van der Waals surface area contributed by atoms with Crippen LogP contribution in [0.25, 0.3) is 6.08 Å². The van der Waals surface area contributed by atoms with Gasteiger partial charge in [-0.25, -0.2) is 0 Å². The van der Waals surface area contributed by atoms with Gasteiger partial charge >= 0.3 is 5.88 Å². The van der Waals surface area contributed by atoms with E-state index in [0.717, 1.165) is 0 Å². The van der Waals surface area contributed by atoms with E-state index in [9.17, 15) is 14.9 Å². The third-order valence-electron chi connectivity index (χ3n) is 2.25. The van der Waals surface area contributed by atoms with Crippen LogP contribution in [0.2, 0.25) is 0 Å². The molecule has 0 aliphatic carbocycles. The minimum Gasteiger partial charge on any atom is -0.401 e. The zero-order chi connectivity index (χ0) is 13.0. The van der Waals surface area contributed by atoms with Gasteiger partial charge in [-0.05, 0) is 18.2 Å². The Kier molecular flexibility index (Phi) is 3.33. The Hall–Kier alpha value is -2.69. The van der Waals surface area contributed by atoms with Crippen LogP contribution in [-0.4, -0.2) is 10.7 Å². The molecular weight excluding hydrogens is 234 g/mol. The third kappa shape index (κ3) is 2.70. The van der Waals surface area contributed by atoms with Crippen molar-refractivity contribution in [2.24, 2.45) is 0 Å². The van der Waals surface area contributed by atoms with E-state index in [0.29, 0.717) is 5.56 Å². The molecule has 0 aliphatic heterocycles. The predicted octanol–water partition coefficient (Wildman–Crippen LogP) is 3.08. The number of carbonyl (C=O) groups excluding carboxylic acids is 1. The molecule has 0 bridgehead atoms. The smallest absolute Gasteiger partial charge is 0.401 e. The molecule has 90 valence electrons. The molecule has 0 fully saturated rings. The topological polar surface area (TPSA) is 73.3 Å². The summed E-state index contributed by atoms with van der Waals surface area (Å²) in [4.78, 5) is 21.5. The van der Waals surface area contributed by atoms with Gasteiger partial charge in [0.05, 0.1) is 6.07 Å². The molecule has 0 saturated carbocycles. The number of hydrogen-bond acceptors (Lipinski definition) is 4. The molecular formula is C13H9NO4. The van der Waals surface area contributed by atoms with Crippen molar-refractivity contribution >= 4 is 17.7 Å². The second kappa shape index (κ2) is 5.09. The largest absolute Gasteiger partial charge is 0.433 e. The van der Waals surface area contributed by atoms with Crippen molar-refractivity contribution < 1.29 is 14.1 Å². The Balaban J connectivity index is 2.11. The summed E-state index contributed by atoms with van der Waals surface area (Å²) in [7, 11) is 0. The Morgan fingerprint density at radius 2 is 1.89 bits per heavy atom. The lowest BCUT2D eigenvalue weighted by atomic mass is 10.1. The maximum absolute atomic E-state index is 11.7. The molecule has 0 aliphatic rings. The maximum atomic E-state index is 11.7. The average Bonchev–Trinajstić information content (AvgIpc) is 2.86. The standard InChI is InChI=1S/C13H9NO4/c15-12(10-4-2-1-3-5-10)8-6-11-7-9-13(18-11)14(16)17/h1-9H/b8-6-. The first-order chi connectivity index (χ1) is 8.66. The Morgan fingerprint density at radius 3 is 2.50 bits per heavy atom. The number of ketones is 1. The van der Waals surface area contributed by atoms with Gasteiger partial charge in [-0.2, -0.15) is 0 Å². The number of benzene rings is 1. The molecule has 1 heterocycles. The molecule has 1 aromatic heterocycles. The number of rotatable bonds is 4. The fourth-order valence-electron chi connectivity index (χ4n) is 1.39. The van der Waals surface area contributed by atoms with Crippen LogP contribution < -0.4 is 0 Å². The van der Waals surface area contributed by atoms with E-state index in [1.165, 1.54) is 24.3 Å². The molecule has 18 heavy (non-hydrogen) atoms. The maximum Gasteiger partial charge on any atom is 0.433 e. The van der Waals surface area contributed by atoms with E-state index in [2.05, 4.69) is 0 Å². The van der Waals surface area contributed by atoms with Gasteiger partial charge in [0.1, 0.15) is 10.7 Å². The van der Waals surface area contributed by atoms with Crippen molar-refractivity contribution in [3.63, 3.8) is 0 Å². The van der Waals surface area contributed by atoms with Gasteiger partial charge in [-0.3, -0.25) is 14.9 Å². The lowest BCUT2D eigenvalue weighted by Crippen LogP contribution is -1.92. The van der Waals surface area contributed by atoms with Crippen LogP contribution in [0.3, 0.4) is 0 Å². The Bertz CT molecular complexity index is 598. The number of nitrogens with zero attached hydrogens (tertiary/aromatic N) is 1. The highest BCUT2D eigenvalue weighted by atomic mass is 16.6. The summed E-state index contributed by atoms with van der Waals surface area (Å²) in [6.07, 6.45) is 2.72. The van der Waals surface area contributed by atoms with Crippen LogP contribution in [0.4, 0.5) is 5.88 Å². The summed E-state index contributed by atoms with van der Waals surface area (Å²) >= 11 is 0. The molecule has 1 aromatic carbocycles. The summed E-state index contributed by atoms with van der Waals surface area (Å²) in [5, 5.41) is 10.4. The van der Waals surface area contributed by atoms with Crippen LogP contribution in [0.15, 0.2) is 53.0 Å². The van der Waals surface area contributed by atoms with Gasteiger partial charge in [-0.15, -0.1) is 0 Å². The molecule has 0 saturated heterocycles. The molecule has 2 aromatic rings. The van der Waals surface area contributed by atoms with Crippen LogP contribution in [0, 0.1) is 10.1 Å². The van der Waals surface area contributed by atoms with Gasteiger partial charge in [0.2, 0.25) is 0 Å². The van der Waals surface area contributed by atoms with Crippen molar-refractivity contribution in [2.45, 2.75) is 0 Å². The highest BCUT2D eigenvalue weighted by molar-refractivity contribution is 6.06. The number of allylic oxidation sites excluding steroid dienone is 1. The van der Waals surface area contributed by atoms with E-state index in [1.807, 2.05) is 6.07 Å². The van der Waals surface area contributed by atoms with Crippen molar-refractivity contribution in [2.75, 3.05) is 0 Å². The second-order valence-corrected chi connectivity index (χ2v) is 3.50. The summed E-state index contributed by atoms with van der Waals surface area (Å²) in [6, 6.07) is 11.4. The molecule has 0 unspecified atom stereocenters. The summed E-state index contributed by atoms with van der Waals surface area (Å²) in [5.74, 6) is -0.262. The van der Waals surface area contributed by atoms with Gasteiger partial charge in [0, 0.05) is 5.56 Å². The lowest BCUT2D eigenvalue weighted by Gasteiger charge is -1.92. The predicted molar refractivity (Wildman–Crippen MR) is 65.2 cm³/mol. The van der Waals surface area contributed by atoms with Crippen molar-refractivity contribution in [1.82, 2.24) is 0 Å². The first kappa shape index (κ1) is 11.8. The Morgan fingerprint density at radius 1 is 1.17 bits per heavy atom. The molecule has 0 spiro atoms. The number of nitro groups is 1. The lowest BCUT2D eigenvalue weighted by molar-refractivity contribution is -0.402. The average molecular weight is 243 g/mol. The minimum atomic E-state index is -0.629. The van der Waals surface area contributed by atoms with Crippen LogP contribution >= 0.6 is 0 Å². The summed E-state index contributed by atoms with van der Waals surface area (Å²) in [6.45, 7) is 0. The van der Waals surface area contributed by atoms with Crippen molar-refractivity contribution in [3.05, 3.63) is 70.0 Å². The second-order valence-electron chi connectivity index (χ2n) is 3.50. The fraction of sp³-hybridized carbons (Fsp3) is 0. The molecule has 0 N–H and O–H groups in total. The van der Waals surface area contributed by atoms with E-state index in [1.54, 1.807) is 24.3 Å². The third-order valence-corrected chi connectivity index (χ3v) is 2.25. The van der Waals surface area contributed by atoms with Gasteiger partial charge in [0.15, 0.2) is 5.78 Å². The molecule has 0 amide bonds. The molecule has 0 radical (unpaired) electrons. The molecule has 2 rings (SSSR count). The van der Waals surface area contributed by atoms with Crippen LogP contribution in [0.5, 0.6) is 0 Å². The zero-order valence-corrected chi connectivity index (χ0v) is 9.28. The van der Waals surface area contributed by atoms with E-state index in [-0.39, 0.29) is 17.4 Å². The van der Waals surface area contributed by atoms with Crippen molar-refractivity contribution in [1.29, 1.82) is 0 Å². The van der Waals surface area contributed by atoms with Gasteiger partial charge < -0.3 is 4.42 Å². The van der Waals surface area contributed by atoms with Crippen LogP contribution in [-0.2, 0) is 0 Å². The monoisotopic (exact) mass is 243 g/mol. The van der Waals surface area contributed by atoms with Gasteiger partial charge in [0.25, 0.3) is 0 Å². The SMILES string of the molecule is O=C(/C=C\c1ccc([N+](=O)[O-])o1)c1ccccc1. The van der Waals surface area contributed by atoms with E-state index < -0.39 is 4.92 Å². The first-order valence-electron chi connectivity index (χ1n) is 5.18. The van der Waals surface area contributed by atoms with E-state index >= 15 is 0 Å². The minimum absolute atomic E-state index is 0.186. The highest BCUT2D eigenvalue weighted by Crippen LogP contribution is 2.16. The molecule has 0 atom stereocenters. The van der Waals surface area contributed by atoms with E-state index in [4.69, 9.17) is 4.42 Å². The quantitative estimate of drug-likeness (QED) is 0.358. The van der Waals surface area contributed by atoms with Gasteiger partial charge in [-0.1, -0.05) is 30.3 Å². The number of hydrogen-bond donors (Lipinski definition) is 0. The zero-order valence-electron chi connectivity index (χ0n) is 9.28. The van der Waals surface area contributed by atoms with Crippen molar-refractivity contribution in [3.8, 4) is 0 Å². The van der Waals surface area contributed by atoms with Crippen LogP contribution in [0.1, 0.15) is 16.1 Å².